The Labute approximate surface area is 206 Å². The van der Waals surface area contributed by atoms with Crippen LogP contribution < -0.4 is 21.4 Å². The molecular formula is C22H30BrN5O6. The number of carboxylic acid groups (broad SMARTS) is 1. The fraction of sp³-hybridized carbons (Fsp3) is 0.500. The molecular weight excluding hydrogens is 510 g/mol. The molecule has 12 heteroatoms. The second-order valence-electron chi connectivity index (χ2n) is 9.51. The van der Waals surface area contributed by atoms with E-state index in [1.807, 2.05) is 0 Å². The van der Waals surface area contributed by atoms with E-state index in [4.69, 9.17) is 0 Å². The van der Waals surface area contributed by atoms with Crippen LogP contribution in [0.3, 0.4) is 0 Å². The number of hydrogen-bond donors (Lipinski definition) is 5. The van der Waals surface area contributed by atoms with E-state index in [2.05, 4.69) is 37.3 Å². The molecule has 6 amide bonds. The van der Waals surface area contributed by atoms with E-state index in [-0.39, 0.29) is 6.54 Å². The molecule has 0 spiro atoms. The zero-order valence-electron chi connectivity index (χ0n) is 19.7. The van der Waals surface area contributed by atoms with Crippen molar-refractivity contribution >= 4 is 51.5 Å². The lowest BCUT2D eigenvalue weighted by molar-refractivity contribution is -0.145. The van der Waals surface area contributed by atoms with E-state index in [0.29, 0.717) is 10.7 Å². The minimum Gasteiger partial charge on any atom is -0.481 e. The highest BCUT2D eigenvalue weighted by Crippen LogP contribution is 2.29. The Morgan fingerprint density at radius 2 is 1.74 bits per heavy atom. The van der Waals surface area contributed by atoms with Crippen molar-refractivity contribution in [1.82, 2.24) is 21.1 Å². The van der Waals surface area contributed by atoms with Gasteiger partial charge in [-0.1, -0.05) is 50.5 Å². The molecule has 34 heavy (non-hydrogen) atoms. The van der Waals surface area contributed by atoms with E-state index in [1.165, 1.54) is 0 Å². The molecule has 2 unspecified atom stereocenters. The number of carbonyl (C=O) groups is 5. The average Bonchev–Trinajstić information content (AvgIpc) is 2.93. The molecule has 11 nitrogen and oxygen atoms in total. The number of carboxylic acids is 1. The number of imide groups is 1. The predicted octanol–water partition coefficient (Wildman–Crippen LogP) is 2.69. The number of urea groups is 2. The molecule has 1 fully saturated rings. The number of anilines is 1. The van der Waals surface area contributed by atoms with Gasteiger partial charge in [-0.05, 0) is 35.6 Å². The second kappa shape index (κ2) is 10.4. The zero-order valence-corrected chi connectivity index (χ0v) is 21.3. The van der Waals surface area contributed by atoms with E-state index >= 15 is 0 Å². The topological polar surface area (TPSA) is 157 Å². The van der Waals surface area contributed by atoms with Crippen LogP contribution in [0.25, 0.3) is 0 Å². The van der Waals surface area contributed by atoms with Crippen LogP contribution in [0.5, 0.6) is 0 Å². The van der Waals surface area contributed by atoms with Gasteiger partial charge in [0.2, 0.25) is 5.91 Å². The van der Waals surface area contributed by atoms with Gasteiger partial charge in [0.15, 0.2) is 0 Å². The first-order chi connectivity index (χ1) is 15.7. The summed E-state index contributed by atoms with van der Waals surface area (Å²) in [6.07, 6.45) is -0.418. The molecule has 0 bridgehead atoms. The summed E-state index contributed by atoms with van der Waals surface area (Å²) in [5.41, 5.74) is 0.442. The van der Waals surface area contributed by atoms with Crippen LogP contribution in [0.15, 0.2) is 28.7 Å². The number of halogens is 1. The number of rotatable bonds is 8. The van der Waals surface area contributed by atoms with E-state index in [1.54, 1.807) is 58.9 Å². The van der Waals surface area contributed by atoms with Crippen molar-refractivity contribution in [2.45, 2.75) is 46.6 Å². The van der Waals surface area contributed by atoms with Gasteiger partial charge in [-0.15, -0.1) is 0 Å². The van der Waals surface area contributed by atoms with Crippen molar-refractivity contribution in [3.05, 3.63) is 28.7 Å². The van der Waals surface area contributed by atoms with Crippen LogP contribution in [-0.2, 0) is 14.4 Å². The highest BCUT2D eigenvalue weighted by Gasteiger charge is 2.55. The number of benzene rings is 1. The first-order valence-electron chi connectivity index (χ1n) is 10.7. The minimum absolute atomic E-state index is 0.133. The number of nitrogens with zero attached hydrogens (tertiary/aromatic N) is 1. The lowest BCUT2D eigenvalue weighted by Gasteiger charge is -2.31. The smallest absolute Gasteiger partial charge is 0.344 e. The number of carbonyl (C=O) groups excluding carboxylic acids is 4. The lowest BCUT2D eigenvalue weighted by atomic mass is 9.80. The average molecular weight is 540 g/mol. The summed E-state index contributed by atoms with van der Waals surface area (Å²) in [5.74, 6) is -3.79. The molecule has 2 atom stereocenters. The molecule has 5 N–H and O–H groups in total. The molecule has 1 aliphatic heterocycles. The molecule has 0 aliphatic carbocycles. The van der Waals surface area contributed by atoms with Gasteiger partial charge in [-0.25, -0.2) is 15.0 Å². The maximum Gasteiger partial charge on any atom is 0.344 e. The summed E-state index contributed by atoms with van der Waals surface area (Å²) in [6.45, 7) is 8.43. The highest BCUT2D eigenvalue weighted by atomic mass is 79.9. The molecule has 1 aromatic rings. The van der Waals surface area contributed by atoms with Crippen LogP contribution in [0, 0.1) is 17.3 Å². The molecule has 0 saturated carbocycles. The van der Waals surface area contributed by atoms with Gasteiger partial charge in [0.1, 0.15) is 5.54 Å². The van der Waals surface area contributed by atoms with Crippen LogP contribution >= 0.6 is 15.9 Å². The Bertz CT molecular complexity index is 975. The lowest BCUT2D eigenvalue weighted by Crippen LogP contribution is -2.56. The third-order valence-corrected chi connectivity index (χ3v) is 6.23. The zero-order chi connectivity index (χ0) is 25.8. The number of hydrazine groups is 1. The summed E-state index contributed by atoms with van der Waals surface area (Å²) in [4.78, 5) is 62.3. The molecule has 1 aliphatic rings. The van der Waals surface area contributed by atoms with E-state index < -0.39 is 59.1 Å². The maximum absolute atomic E-state index is 13.2. The van der Waals surface area contributed by atoms with E-state index in [9.17, 15) is 29.1 Å². The third-order valence-electron chi connectivity index (χ3n) is 5.71. The van der Waals surface area contributed by atoms with Crippen molar-refractivity contribution in [2.24, 2.45) is 17.3 Å². The van der Waals surface area contributed by atoms with Gasteiger partial charge in [-0.3, -0.25) is 14.4 Å². The summed E-state index contributed by atoms with van der Waals surface area (Å²) < 4.78 is 0.810. The van der Waals surface area contributed by atoms with Crippen LogP contribution in [0.4, 0.5) is 15.3 Å². The number of hydrogen-bond acceptors (Lipinski definition) is 5. The van der Waals surface area contributed by atoms with Crippen molar-refractivity contribution in [1.29, 1.82) is 0 Å². The summed E-state index contributed by atoms with van der Waals surface area (Å²) in [6, 6.07) is 4.97. The Hall–Kier alpha value is -3.15. The van der Waals surface area contributed by atoms with Crippen LogP contribution in [0.2, 0.25) is 0 Å². The van der Waals surface area contributed by atoms with Crippen molar-refractivity contribution < 1.29 is 29.1 Å². The number of amides is 6. The molecule has 1 aromatic carbocycles. The Morgan fingerprint density at radius 3 is 2.24 bits per heavy atom. The van der Waals surface area contributed by atoms with Gasteiger partial charge in [0.05, 0.1) is 12.3 Å². The van der Waals surface area contributed by atoms with Crippen LogP contribution in [0.1, 0.15) is 41.0 Å². The normalized spacial score (nSPS) is 19.0. The van der Waals surface area contributed by atoms with Gasteiger partial charge in [0.25, 0.3) is 5.91 Å². The Kier molecular flexibility index (Phi) is 8.30. The second-order valence-corrected chi connectivity index (χ2v) is 10.4. The summed E-state index contributed by atoms with van der Waals surface area (Å²) in [7, 11) is 0. The number of nitrogens with one attached hydrogen (secondary N) is 4. The summed E-state index contributed by atoms with van der Waals surface area (Å²) >= 11 is 3.28. The first kappa shape index (κ1) is 27.1. The van der Waals surface area contributed by atoms with Gasteiger partial charge >= 0.3 is 18.0 Å². The Morgan fingerprint density at radius 1 is 1.15 bits per heavy atom. The predicted molar refractivity (Wildman–Crippen MR) is 127 cm³/mol. The highest BCUT2D eigenvalue weighted by molar-refractivity contribution is 9.10. The molecule has 1 heterocycles. The standard InChI is InChI=1S/C22H30BrN5O6/c1-12(2)22(10-16(29)24-11-15(17(30)31)21(3,4)5)18(32)28(20(34)26-22)27-19(33)25-14-8-6-13(23)7-9-14/h6-9,12,15H,10-11H2,1-5H3,(H,24,29)(H,26,34)(H,30,31)(H2,25,27,33). The van der Waals surface area contributed by atoms with Gasteiger partial charge < -0.3 is 21.1 Å². The summed E-state index contributed by atoms with van der Waals surface area (Å²) in [5, 5.41) is 17.6. The largest absolute Gasteiger partial charge is 0.481 e. The van der Waals surface area contributed by atoms with Crippen molar-refractivity contribution in [3.8, 4) is 0 Å². The third kappa shape index (κ3) is 6.25. The molecule has 1 saturated heterocycles. The minimum atomic E-state index is -1.60. The quantitative estimate of drug-likeness (QED) is 0.319. The first-order valence-corrected chi connectivity index (χ1v) is 11.5. The van der Waals surface area contributed by atoms with Gasteiger partial charge in [0, 0.05) is 16.7 Å². The van der Waals surface area contributed by atoms with Gasteiger partial charge in [-0.2, -0.15) is 5.01 Å². The van der Waals surface area contributed by atoms with E-state index in [0.717, 1.165) is 4.47 Å². The fourth-order valence-electron chi connectivity index (χ4n) is 3.50. The fourth-order valence-corrected chi connectivity index (χ4v) is 3.76. The van der Waals surface area contributed by atoms with Crippen molar-refractivity contribution in [3.63, 3.8) is 0 Å². The van der Waals surface area contributed by atoms with Crippen molar-refractivity contribution in [2.75, 3.05) is 11.9 Å². The monoisotopic (exact) mass is 539 g/mol. The molecule has 186 valence electrons. The molecule has 2 rings (SSSR count). The number of aliphatic carboxylic acids is 1. The Balaban J connectivity index is 2.10. The van der Waals surface area contributed by atoms with Crippen LogP contribution in [-0.4, -0.2) is 52.0 Å². The molecule has 0 radical (unpaired) electrons. The SMILES string of the molecule is CC(C)C1(CC(=O)NCC(C(=O)O)C(C)(C)C)NC(=O)N(NC(=O)Nc2ccc(Br)cc2)C1=O. The maximum atomic E-state index is 13.2. The molecule has 0 aromatic heterocycles.